The van der Waals surface area contributed by atoms with E-state index >= 15 is 0 Å². The number of carbonyl (C=O) groups is 2. The van der Waals surface area contributed by atoms with E-state index in [9.17, 15) is 70.9 Å². The summed E-state index contributed by atoms with van der Waals surface area (Å²) in [6, 6.07) is 15.2. The zero-order chi connectivity index (χ0) is 53.0. The van der Waals surface area contributed by atoms with Crippen LogP contribution in [0, 0.1) is 5.41 Å². The molecule has 4 aliphatic rings. The maximum absolute atomic E-state index is 12.7. The van der Waals surface area contributed by atoms with Gasteiger partial charge in [0.2, 0.25) is 11.8 Å². The molecule has 26 nitrogen and oxygen atoms in total. The van der Waals surface area contributed by atoms with Gasteiger partial charge in [0.15, 0.2) is 25.2 Å². The fourth-order valence-electron chi connectivity index (χ4n) is 8.89. The lowest BCUT2D eigenvalue weighted by molar-refractivity contribution is -0.353. The van der Waals surface area contributed by atoms with Gasteiger partial charge in [-0.1, -0.05) is 60.7 Å². The van der Waals surface area contributed by atoms with Crippen molar-refractivity contribution in [2.24, 2.45) is 5.41 Å². The van der Waals surface area contributed by atoms with E-state index < -0.39 is 180 Å². The van der Waals surface area contributed by atoms with Gasteiger partial charge < -0.3 is 119 Å². The van der Waals surface area contributed by atoms with E-state index in [4.69, 9.17) is 47.4 Å². The van der Waals surface area contributed by atoms with Crippen molar-refractivity contribution in [2.45, 2.75) is 150 Å². The highest BCUT2D eigenvalue weighted by Crippen LogP contribution is 2.34. The van der Waals surface area contributed by atoms with Gasteiger partial charge in [0.25, 0.3) is 0 Å². The van der Waals surface area contributed by atoms with Gasteiger partial charge in [0.1, 0.15) is 97.5 Å². The van der Waals surface area contributed by atoms with Gasteiger partial charge in [-0.15, -0.1) is 0 Å². The fourth-order valence-corrected chi connectivity index (χ4v) is 8.89. The molecule has 0 saturated carbocycles. The molecule has 26 heteroatoms. The molecule has 2 amide bonds. The van der Waals surface area contributed by atoms with Gasteiger partial charge in [-0.05, 0) is 11.1 Å². The van der Waals surface area contributed by atoms with Gasteiger partial charge in [-0.25, -0.2) is 0 Å². The molecule has 0 bridgehead atoms. The number of ether oxygens (including phenoxy) is 10. The molecule has 14 N–H and O–H groups in total. The number of rotatable bonds is 24. The van der Waals surface area contributed by atoms with Crippen molar-refractivity contribution in [3.63, 3.8) is 0 Å². The third-order valence-corrected chi connectivity index (χ3v) is 12.9. The lowest BCUT2D eigenvalue weighted by Gasteiger charge is -2.48. The molecule has 0 unspecified atom stereocenters. The summed E-state index contributed by atoms with van der Waals surface area (Å²) in [5.74, 6) is -1.35. The average molecular weight is 1050 g/mol. The molecule has 4 fully saturated rings. The van der Waals surface area contributed by atoms with E-state index in [1.807, 2.05) is 36.4 Å². The monoisotopic (exact) mass is 1050 g/mol. The molecule has 6 rings (SSSR count). The fraction of sp³-hybridized carbons (Fsp3) is 0.702. The summed E-state index contributed by atoms with van der Waals surface area (Å²) < 4.78 is 60.4. The number of hydrogen-bond acceptors (Lipinski definition) is 24. The van der Waals surface area contributed by atoms with Crippen molar-refractivity contribution in [1.82, 2.24) is 10.6 Å². The number of hydrogen-bond donors (Lipinski definition) is 14. The topological polar surface area (TPSA) is 393 Å². The van der Waals surface area contributed by atoms with Crippen molar-refractivity contribution in [2.75, 3.05) is 52.9 Å². The second-order valence-corrected chi connectivity index (χ2v) is 18.6. The predicted octanol–water partition coefficient (Wildman–Crippen LogP) is -6.02. The molecule has 2 aromatic rings. The molecule has 4 aliphatic heterocycles. The Morgan fingerprint density at radius 1 is 0.466 bits per heavy atom. The Kier molecular flexibility index (Phi) is 22.1. The van der Waals surface area contributed by atoms with Crippen molar-refractivity contribution in [3.05, 3.63) is 71.8 Å². The van der Waals surface area contributed by atoms with Crippen LogP contribution < -0.4 is 10.6 Å². The number of aliphatic hydroxyl groups is 12. The molecule has 0 spiro atoms. The first-order chi connectivity index (χ1) is 34.9. The molecule has 4 saturated heterocycles. The van der Waals surface area contributed by atoms with Crippen LogP contribution in [0.4, 0.5) is 0 Å². The van der Waals surface area contributed by atoms with Crippen LogP contribution in [0.3, 0.4) is 0 Å². The largest absolute Gasteiger partial charge is 0.394 e. The summed E-state index contributed by atoms with van der Waals surface area (Å²) >= 11 is 0. The van der Waals surface area contributed by atoms with E-state index in [0.29, 0.717) is 0 Å². The number of amides is 2. The first kappa shape index (κ1) is 58.8. The van der Waals surface area contributed by atoms with Crippen LogP contribution in [-0.2, 0) is 70.2 Å². The lowest BCUT2D eigenvalue weighted by Crippen LogP contribution is -2.68. The predicted molar refractivity (Wildman–Crippen MR) is 243 cm³/mol. The van der Waals surface area contributed by atoms with Crippen LogP contribution in [0.15, 0.2) is 60.7 Å². The van der Waals surface area contributed by atoms with Gasteiger partial charge in [-0.3, -0.25) is 9.59 Å². The molecular weight excluding hydrogens is 977 g/mol. The maximum atomic E-state index is 12.7. The summed E-state index contributed by atoms with van der Waals surface area (Å²) in [4.78, 5) is 25.4. The number of benzene rings is 2. The zero-order valence-electron chi connectivity index (χ0n) is 40.2. The molecule has 0 aromatic heterocycles. The first-order valence-corrected chi connectivity index (χ1v) is 23.8. The zero-order valence-corrected chi connectivity index (χ0v) is 40.2. The number of aliphatic hydroxyl groups excluding tert-OH is 12. The van der Waals surface area contributed by atoms with Crippen molar-refractivity contribution in [3.8, 4) is 0 Å². The molecular formula is C47H70N2O24. The summed E-state index contributed by atoms with van der Waals surface area (Å²) in [7, 11) is 0. The maximum Gasteiger partial charge on any atom is 0.217 e. The van der Waals surface area contributed by atoms with Gasteiger partial charge in [0.05, 0.1) is 71.5 Å². The Hall–Kier alpha value is -3.50. The van der Waals surface area contributed by atoms with Gasteiger partial charge in [-0.2, -0.15) is 0 Å². The van der Waals surface area contributed by atoms with Crippen LogP contribution in [-0.4, -0.2) is 249 Å². The highest BCUT2D eigenvalue weighted by molar-refractivity contribution is 5.73. The van der Waals surface area contributed by atoms with Crippen molar-refractivity contribution in [1.29, 1.82) is 0 Å². The molecule has 4 heterocycles. The minimum absolute atomic E-state index is 0.0503. The Morgan fingerprint density at radius 2 is 0.808 bits per heavy atom. The summed E-state index contributed by atoms with van der Waals surface area (Å²) in [5.41, 5.74) is 0.0690. The van der Waals surface area contributed by atoms with E-state index in [1.54, 1.807) is 24.3 Å². The lowest BCUT2D eigenvalue weighted by atomic mass is 9.91. The van der Waals surface area contributed by atoms with Crippen LogP contribution >= 0.6 is 0 Å². The molecule has 0 radical (unpaired) electrons. The average Bonchev–Trinajstić information content (AvgIpc) is 3.38. The molecule has 412 valence electrons. The van der Waals surface area contributed by atoms with Gasteiger partial charge in [0, 0.05) is 13.8 Å². The first-order valence-electron chi connectivity index (χ1n) is 23.8. The molecule has 2 aromatic carbocycles. The van der Waals surface area contributed by atoms with Gasteiger partial charge >= 0.3 is 0 Å². The Labute approximate surface area is 419 Å². The summed E-state index contributed by atoms with van der Waals surface area (Å²) in [5, 5.41) is 132. The molecule has 20 atom stereocenters. The van der Waals surface area contributed by atoms with E-state index in [-0.39, 0.29) is 26.4 Å². The molecule has 73 heavy (non-hydrogen) atoms. The van der Waals surface area contributed by atoms with Crippen LogP contribution in [0.5, 0.6) is 0 Å². The minimum atomic E-state index is -1.90. The van der Waals surface area contributed by atoms with Crippen LogP contribution in [0.2, 0.25) is 0 Å². The summed E-state index contributed by atoms with van der Waals surface area (Å²) in [6.45, 7) is -2.30. The van der Waals surface area contributed by atoms with E-state index in [0.717, 1.165) is 25.0 Å². The van der Waals surface area contributed by atoms with Crippen LogP contribution in [0.1, 0.15) is 25.0 Å². The summed E-state index contributed by atoms with van der Waals surface area (Å²) in [6.07, 6.45) is -30.3. The Bertz CT molecular complexity index is 1820. The number of carbonyl (C=O) groups excluding carboxylic acids is 2. The second-order valence-electron chi connectivity index (χ2n) is 18.6. The SMILES string of the molecule is CC(=O)N[C@H]1[C@H](OCC(COCc2ccccc2)(COCc2ccccc2)CO[C@@H]2O[C@H](CO)[C@@H](O[C@@H]3O[C@H](CO)[C@H](O)[C@H](O)[C@H]3O)[C@H](O)[C@H]2NC(C)=O)O[C@H](CO)[C@@H](O[C@@H]2O[C@H](CO)[C@H](O)[C@H](O)[C@H]2O)[C@@H]1O. The third-order valence-electron chi connectivity index (χ3n) is 12.9. The second kappa shape index (κ2) is 27.5. The normalized spacial score (nSPS) is 37.1. The number of nitrogens with one attached hydrogen (secondary N) is 2. The third kappa shape index (κ3) is 14.9. The van der Waals surface area contributed by atoms with Crippen molar-refractivity contribution < 1.29 is 118 Å². The van der Waals surface area contributed by atoms with E-state index in [1.165, 1.54) is 0 Å². The van der Waals surface area contributed by atoms with Crippen LogP contribution in [0.25, 0.3) is 0 Å². The quantitative estimate of drug-likeness (QED) is 0.0465. The minimum Gasteiger partial charge on any atom is -0.394 e. The standard InChI is InChI=1S/C47H70N2O24/c1-23(54)48-31-35(58)41(72-45-39(62)37(60)33(56)27(13-50)68-45)29(15-52)70-43(31)66-21-47(19-64-17-25-9-5-3-6-10-25,20-65-18-26-11-7-4-8-12-26)22-67-44-32(49-24(2)55)36(59)42(30(16-53)71-44)73-46-40(63)38(61)34(57)28(14-51)69-46/h3-12,27-46,50-53,56-63H,13-22H2,1-2H3,(H,48,54)(H,49,55)/t27-,28-,29-,30-,31-,32-,33+,34+,35-,36-,37+,38+,39-,40-,41-,42-,43-,44-,45+,46+/m1/s1. The Balaban J connectivity index is 1.29. The molecule has 0 aliphatic carbocycles. The van der Waals surface area contributed by atoms with Crippen molar-refractivity contribution >= 4 is 11.8 Å². The Morgan fingerprint density at radius 3 is 1.14 bits per heavy atom. The smallest absolute Gasteiger partial charge is 0.217 e. The van der Waals surface area contributed by atoms with E-state index in [2.05, 4.69) is 10.6 Å². The highest BCUT2D eigenvalue weighted by Gasteiger charge is 2.54. The highest BCUT2D eigenvalue weighted by atomic mass is 16.8.